The Morgan fingerprint density at radius 3 is 2.48 bits per heavy atom. The number of amides is 2. The number of hydrogen-bond donors (Lipinski definition) is 3. The number of carbonyl (C=O) groups is 1. The third-order valence-corrected chi connectivity index (χ3v) is 9.67. The number of pyridine rings is 1. The van der Waals surface area contributed by atoms with E-state index in [1.54, 1.807) is 59.8 Å². The summed E-state index contributed by atoms with van der Waals surface area (Å²) in [6.07, 6.45) is 11.0. The van der Waals surface area contributed by atoms with E-state index >= 15 is 0 Å². The van der Waals surface area contributed by atoms with Gasteiger partial charge in [0.2, 0.25) is 0 Å². The molecule has 0 spiro atoms. The molecule has 42 heavy (non-hydrogen) atoms. The molecule has 224 valence electrons. The molecule has 10 heteroatoms. The van der Waals surface area contributed by atoms with Gasteiger partial charge in [-0.15, -0.1) is 0 Å². The molecule has 9 nitrogen and oxygen atoms in total. The fourth-order valence-electron chi connectivity index (χ4n) is 5.82. The molecule has 0 unspecified atom stereocenters. The van der Waals surface area contributed by atoms with Crippen LogP contribution in [0.4, 0.5) is 16.2 Å². The molecule has 1 atom stereocenters. The van der Waals surface area contributed by atoms with Crippen LogP contribution in [-0.4, -0.2) is 62.2 Å². The van der Waals surface area contributed by atoms with Gasteiger partial charge in [-0.25, -0.2) is 13.2 Å². The van der Waals surface area contributed by atoms with Gasteiger partial charge in [-0.1, -0.05) is 43.9 Å². The van der Waals surface area contributed by atoms with Crippen molar-refractivity contribution in [2.24, 2.45) is 5.92 Å². The number of hydrogen-bond acceptors (Lipinski definition) is 6. The second kappa shape index (κ2) is 14.1. The first-order valence-electron chi connectivity index (χ1n) is 15.0. The van der Waals surface area contributed by atoms with Crippen molar-refractivity contribution in [1.82, 2.24) is 15.2 Å². The maximum absolute atomic E-state index is 13.0. The molecule has 3 aromatic rings. The molecule has 1 aliphatic carbocycles. The van der Waals surface area contributed by atoms with Crippen molar-refractivity contribution in [2.75, 3.05) is 42.3 Å². The summed E-state index contributed by atoms with van der Waals surface area (Å²) in [5, 5.41) is 13.5. The first-order valence-corrected chi connectivity index (χ1v) is 16.4. The van der Waals surface area contributed by atoms with E-state index in [9.17, 15) is 18.3 Å². The van der Waals surface area contributed by atoms with Gasteiger partial charge < -0.3 is 15.3 Å². The van der Waals surface area contributed by atoms with Crippen LogP contribution in [-0.2, 0) is 16.4 Å². The van der Waals surface area contributed by atoms with Gasteiger partial charge in [0.1, 0.15) is 0 Å². The number of nitrogens with one attached hydrogen (secondary N) is 2. The highest BCUT2D eigenvalue weighted by Crippen LogP contribution is 2.29. The summed E-state index contributed by atoms with van der Waals surface area (Å²) in [6.45, 7) is 3.19. The number of aliphatic hydroxyl groups excluding tert-OH is 1. The minimum atomic E-state index is -3.78. The molecular formula is C32H41N5O4S. The normalized spacial score (nSPS) is 16.7. The Balaban J connectivity index is 1.07. The average Bonchev–Trinajstić information content (AvgIpc) is 3.66. The number of aromatic nitrogens is 1. The number of sulfonamides is 1. The van der Waals surface area contributed by atoms with Gasteiger partial charge in [0.15, 0.2) is 0 Å². The summed E-state index contributed by atoms with van der Waals surface area (Å²) in [6, 6.07) is 17.4. The Hall–Kier alpha value is -3.47. The second-order valence-electron chi connectivity index (χ2n) is 11.3. The van der Waals surface area contributed by atoms with E-state index in [4.69, 9.17) is 0 Å². The van der Waals surface area contributed by atoms with Gasteiger partial charge in [-0.2, -0.15) is 0 Å². The minimum absolute atomic E-state index is 0.00452. The minimum Gasteiger partial charge on any atom is -0.387 e. The molecule has 2 aromatic carbocycles. The first kappa shape index (κ1) is 30.0. The summed E-state index contributed by atoms with van der Waals surface area (Å²) >= 11 is 0. The van der Waals surface area contributed by atoms with E-state index in [2.05, 4.69) is 15.0 Å². The molecule has 2 fully saturated rings. The fourth-order valence-corrected chi connectivity index (χ4v) is 6.88. The van der Waals surface area contributed by atoms with Crippen LogP contribution in [0, 0.1) is 5.92 Å². The van der Waals surface area contributed by atoms with Crippen LogP contribution in [0.1, 0.15) is 55.8 Å². The summed E-state index contributed by atoms with van der Waals surface area (Å²) in [5.41, 5.74) is 3.01. The topological polar surface area (TPSA) is 115 Å². The lowest BCUT2D eigenvalue weighted by Gasteiger charge is -2.19. The van der Waals surface area contributed by atoms with E-state index in [0.29, 0.717) is 37.6 Å². The van der Waals surface area contributed by atoms with Crippen LogP contribution in [0.25, 0.3) is 0 Å². The maximum atomic E-state index is 13.0. The predicted molar refractivity (Wildman–Crippen MR) is 165 cm³/mol. The Labute approximate surface area is 249 Å². The quantitative estimate of drug-likeness (QED) is 0.228. The molecule has 2 amide bonds. The summed E-state index contributed by atoms with van der Waals surface area (Å²) < 4.78 is 28.7. The van der Waals surface area contributed by atoms with Crippen LogP contribution in [0.15, 0.2) is 78.0 Å². The number of rotatable bonds is 14. The van der Waals surface area contributed by atoms with Crippen molar-refractivity contribution in [1.29, 1.82) is 0 Å². The fraction of sp³-hybridized carbons (Fsp3) is 0.438. The highest BCUT2D eigenvalue weighted by atomic mass is 32.2. The molecule has 0 bridgehead atoms. The van der Waals surface area contributed by atoms with E-state index in [1.807, 2.05) is 23.1 Å². The van der Waals surface area contributed by atoms with Crippen molar-refractivity contribution in [3.63, 3.8) is 0 Å². The molecule has 1 aliphatic heterocycles. The van der Waals surface area contributed by atoms with Gasteiger partial charge in [0, 0.05) is 55.5 Å². The Kier molecular flexibility index (Phi) is 10.1. The summed E-state index contributed by atoms with van der Waals surface area (Å²) in [5.74, 6) is 0.826. The molecule has 2 aliphatic rings. The number of urea groups is 1. The molecule has 1 aromatic heterocycles. The van der Waals surface area contributed by atoms with Crippen molar-refractivity contribution >= 4 is 27.4 Å². The zero-order valence-electron chi connectivity index (χ0n) is 24.0. The van der Waals surface area contributed by atoms with Crippen LogP contribution in [0.2, 0.25) is 0 Å². The molecule has 3 N–H and O–H groups in total. The molecule has 5 rings (SSSR count). The number of aliphatic hydroxyl groups is 1. The molecule has 0 radical (unpaired) electrons. The molecule has 2 heterocycles. The van der Waals surface area contributed by atoms with Gasteiger partial charge in [-0.05, 0) is 79.8 Å². The van der Waals surface area contributed by atoms with Gasteiger partial charge in [-0.3, -0.25) is 14.6 Å². The van der Waals surface area contributed by atoms with Gasteiger partial charge in [0.05, 0.1) is 11.0 Å². The second-order valence-corrected chi connectivity index (χ2v) is 12.9. The van der Waals surface area contributed by atoms with Crippen LogP contribution >= 0.6 is 0 Å². The van der Waals surface area contributed by atoms with Crippen molar-refractivity contribution in [2.45, 2.75) is 55.9 Å². The Bertz CT molecular complexity index is 1400. The lowest BCUT2D eigenvalue weighted by atomic mass is 10.0. The third kappa shape index (κ3) is 7.87. The van der Waals surface area contributed by atoms with E-state index in [-0.39, 0.29) is 10.9 Å². The standard InChI is InChI=1S/C32H41N5O4S/c38-31(27-8-3-18-33-23-27)24-34-19-17-26-9-11-28(12-10-26)35-42(40,41)30-15-13-29(14-16-30)37-22-21-36(32(37)39)20-4-7-25-5-1-2-6-25/h3,8-16,18,23,25,31,34-35,38H,1-2,4-7,17,19-22,24H2/t31-/m0/s1. The number of anilines is 2. The van der Waals surface area contributed by atoms with Crippen LogP contribution in [0.3, 0.4) is 0 Å². The maximum Gasteiger partial charge on any atom is 0.324 e. The highest BCUT2D eigenvalue weighted by Gasteiger charge is 2.29. The first-order chi connectivity index (χ1) is 20.4. The van der Waals surface area contributed by atoms with Crippen molar-refractivity contribution in [3.05, 3.63) is 84.2 Å². The number of nitrogens with zero attached hydrogens (tertiary/aromatic N) is 3. The van der Waals surface area contributed by atoms with E-state index in [1.165, 1.54) is 32.1 Å². The smallest absolute Gasteiger partial charge is 0.324 e. The molecular weight excluding hydrogens is 550 g/mol. The van der Waals surface area contributed by atoms with Crippen molar-refractivity contribution in [3.8, 4) is 0 Å². The van der Waals surface area contributed by atoms with Crippen LogP contribution in [0.5, 0.6) is 0 Å². The third-order valence-electron chi connectivity index (χ3n) is 8.27. The van der Waals surface area contributed by atoms with Gasteiger partial charge >= 0.3 is 6.03 Å². The Morgan fingerprint density at radius 1 is 1.00 bits per heavy atom. The van der Waals surface area contributed by atoms with Crippen LogP contribution < -0.4 is 14.9 Å². The van der Waals surface area contributed by atoms with Gasteiger partial charge in [0.25, 0.3) is 10.0 Å². The SMILES string of the molecule is O=C1N(CCCC2CCCC2)CCN1c1ccc(S(=O)(=O)Nc2ccc(CCNC[C@H](O)c3cccnc3)cc2)cc1. The zero-order chi connectivity index (χ0) is 29.4. The summed E-state index contributed by atoms with van der Waals surface area (Å²) in [7, 11) is -3.78. The lowest BCUT2D eigenvalue weighted by Crippen LogP contribution is -2.32. The van der Waals surface area contributed by atoms with E-state index < -0.39 is 16.1 Å². The predicted octanol–water partition coefficient (Wildman–Crippen LogP) is 4.96. The highest BCUT2D eigenvalue weighted by molar-refractivity contribution is 7.92. The number of benzene rings is 2. The van der Waals surface area contributed by atoms with E-state index in [0.717, 1.165) is 36.4 Å². The Morgan fingerprint density at radius 2 is 1.76 bits per heavy atom. The summed E-state index contributed by atoms with van der Waals surface area (Å²) in [4.78, 5) is 20.8. The molecule has 1 saturated carbocycles. The lowest BCUT2D eigenvalue weighted by molar-refractivity contribution is 0.174. The monoisotopic (exact) mass is 591 g/mol. The molecule has 1 saturated heterocycles. The average molecular weight is 592 g/mol. The van der Waals surface area contributed by atoms with Crippen molar-refractivity contribution < 1.29 is 18.3 Å². The largest absolute Gasteiger partial charge is 0.387 e. The zero-order valence-corrected chi connectivity index (χ0v) is 24.8. The number of carbonyl (C=O) groups excluding carboxylic acids is 1.